The van der Waals surface area contributed by atoms with Gasteiger partial charge < -0.3 is 10.8 Å². The summed E-state index contributed by atoms with van der Waals surface area (Å²) in [4.78, 5) is 0. The zero-order chi connectivity index (χ0) is 12.4. The Kier molecular flexibility index (Phi) is 4.05. The highest BCUT2D eigenvalue weighted by Gasteiger charge is 2.25. The van der Waals surface area contributed by atoms with Crippen LogP contribution in [0.5, 0.6) is 5.75 Å². The average molecular weight is 302 g/mol. The zero-order valence-corrected chi connectivity index (χ0v) is 11.2. The molecule has 94 valence electrons. The first-order valence-corrected chi connectivity index (χ1v) is 6.82. The first-order chi connectivity index (χ1) is 8.09. The average Bonchev–Trinajstić information content (AvgIpc) is 2.34. The topological polar surface area (TPSA) is 46.2 Å². The summed E-state index contributed by atoms with van der Waals surface area (Å²) in [5.41, 5.74) is 6.68. The predicted molar refractivity (Wildman–Crippen MR) is 69.3 cm³/mol. The summed E-state index contributed by atoms with van der Waals surface area (Å²) in [7, 11) is 0. The number of benzene rings is 1. The largest absolute Gasteiger partial charge is 0.506 e. The Morgan fingerprint density at radius 2 is 1.94 bits per heavy atom. The van der Waals surface area contributed by atoms with Gasteiger partial charge in [0.1, 0.15) is 11.6 Å². The smallest absolute Gasteiger partial charge is 0.134 e. The van der Waals surface area contributed by atoms with Gasteiger partial charge in [-0.15, -0.1) is 0 Å². The Morgan fingerprint density at radius 3 is 2.59 bits per heavy atom. The van der Waals surface area contributed by atoms with E-state index in [1.54, 1.807) is 0 Å². The van der Waals surface area contributed by atoms with Gasteiger partial charge in [0.25, 0.3) is 0 Å². The molecule has 1 aromatic carbocycles. The molecule has 0 bridgehead atoms. The van der Waals surface area contributed by atoms with E-state index in [-0.39, 0.29) is 17.6 Å². The number of rotatable bonds is 2. The van der Waals surface area contributed by atoms with E-state index in [1.807, 2.05) is 0 Å². The first-order valence-electron chi connectivity index (χ1n) is 6.03. The Morgan fingerprint density at radius 1 is 1.29 bits per heavy atom. The molecule has 4 heteroatoms. The van der Waals surface area contributed by atoms with Crippen LogP contribution >= 0.6 is 15.9 Å². The quantitative estimate of drug-likeness (QED) is 0.871. The van der Waals surface area contributed by atoms with Crippen LogP contribution < -0.4 is 5.73 Å². The van der Waals surface area contributed by atoms with Crippen molar-refractivity contribution in [3.8, 4) is 5.75 Å². The fraction of sp³-hybridized carbons (Fsp3) is 0.538. The standard InChI is InChI=1S/C13H17BrFNO/c14-11-7-9(15)6-10(13(11)17)12(16)8-4-2-1-3-5-8/h6-8,12,17H,1-5,16H2/t12-/m1/s1. The fourth-order valence-corrected chi connectivity index (χ4v) is 3.03. The van der Waals surface area contributed by atoms with E-state index in [0.29, 0.717) is 16.0 Å². The molecule has 1 fully saturated rings. The van der Waals surface area contributed by atoms with Gasteiger partial charge in [0, 0.05) is 11.6 Å². The molecule has 1 saturated carbocycles. The molecule has 0 heterocycles. The minimum absolute atomic E-state index is 0.0736. The molecule has 0 unspecified atom stereocenters. The number of halogens is 2. The second-order valence-electron chi connectivity index (χ2n) is 4.75. The maximum atomic E-state index is 13.3. The Bertz CT molecular complexity index is 405. The van der Waals surface area contributed by atoms with E-state index in [4.69, 9.17) is 5.73 Å². The maximum absolute atomic E-state index is 13.3. The highest BCUT2D eigenvalue weighted by molar-refractivity contribution is 9.10. The third-order valence-electron chi connectivity index (χ3n) is 3.57. The van der Waals surface area contributed by atoms with Crippen molar-refractivity contribution in [3.05, 3.63) is 28.0 Å². The number of hydrogen-bond donors (Lipinski definition) is 2. The normalized spacial score (nSPS) is 19.2. The van der Waals surface area contributed by atoms with Gasteiger partial charge in [-0.05, 0) is 46.8 Å². The molecule has 1 aromatic rings. The summed E-state index contributed by atoms with van der Waals surface area (Å²) in [6.45, 7) is 0. The highest BCUT2D eigenvalue weighted by Crippen LogP contribution is 2.39. The SMILES string of the molecule is N[C@@H](c1cc(F)cc(Br)c1O)C1CCCCC1. The number of aromatic hydroxyl groups is 1. The Hall–Kier alpha value is -0.610. The second kappa shape index (κ2) is 5.36. The van der Waals surface area contributed by atoms with Crippen LogP contribution in [0.3, 0.4) is 0 Å². The van der Waals surface area contributed by atoms with Gasteiger partial charge in [-0.25, -0.2) is 4.39 Å². The summed E-state index contributed by atoms with van der Waals surface area (Å²) in [5.74, 6) is 0.0590. The molecule has 0 saturated heterocycles. The van der Waals surface area contributed by atoms with Crippen LogP contribution in [0, 0.1) is 11.7 Å². The molecule has 0 radical (unpaired) electrons. The summed E-state index contributed by atoms with van der Waals surface area (Å²) in [6.07, 6.45) is 5.73. The Labute approximate surface area is 109 Å². The predicted octanol–water partition coefficient (Wildman–Crippen LogP) is 3.87. The molecule has 0 aliphatic heterocycles. The number of phenols is 1. The van der Waals surface area contributed by atoms with Crippen LogP contribution in [0.15, 0.2) is 16.6 Å². The number of phenolic OH excluding ortho intramolecular Hbond substituents is 1. The van der Waals surface area contributed by atoms with Crippen molar-refractivity contribution < 1.29 is 9.50 Å². The number of nitrogens with two attached hydrogens (primary N) is 1. The molecule has 17 heavy (non-hydrogen) atoms. The molecule has 0 aromatic heterocycles. The van der Waals surface area contributed by atoms with Crippen LogP contribution in [-0.4, -0.2) is 5.11 Å². The van der Waals surface area contributed by atoms with Crippen molar-refractivity contribution in [2.75, 3.05) is 0 Å². The second-order valence-corrected chi connectivity index (χ2v) is 5.60. The first kappa shape index (κ1) is 12.8. The van der Waals surface area contributed by atoms with Crippen LogP contribution in [0.25, 0.3) is 0 Å². The van der Waals surface area contributed by atoms with Gasteiger partial charge in [-0.3, -0.25) is 0 Å². The van der Waals surface area contributed by atoms with Crippen molar-refractivity contribution in [1.29, 1.82) is 0 Å². The van der Waals surface area contributed by atoms with Gasteiger partial charge in [0.15, 0.2) is 0 Å². The lowest BCUT2D eigenvalue weighted by atomic mass is 9.81. The van der Waals surface area contributed by atoms with E-state index >= 15 is 0 Å². The summed E-state index contributed by atoms with van der Waals surface area (Å²) < 4.78 is 13.7. The van der Waals surface area contributed by atoms with Gasteiger partial charge in [0.2, 0.25) is 0 Å². The van der Waals surface area contributed by atoms with Crippen molar-refractivity contribution in [3.63, 3.8) is 0 Å². The third-order valence-corrected chi connectivity index (χ3v) is 4.18. The molecular formula is C13H17BrFNO. The minimum Gasteiger partial charge on any atom is -0.506 e. The van der Waals surface area contributed by atoms with Crippen molar-refractivity contribution in [1.82, 2.24) is 0 Å². The summed E-state index contributed by atoms with van der Waals surface area (Å²) >= 11 is 3.14. The lowest BCUT2D eigenvalue weighted by Gasteiger charge is -2.28. The molecular weight excluding hydrogens is 285 g/mol. The van der Waals surface area contributed by atoms with Crippen LogP contribution in [0.4, 0.5) is 4.39 Å². The summed E-state index contributed by atoms with van der Waals surface area (Å²) in [5, 5.41) is 9.93. The van der Waals surface area contributed by atoms with Crippen LogP contribution in [-0.2, 0) is 0 Å². The monoisotopic (exact) mass is 301 g/mol. The van der Waals surface area contributed by atoms with Gasteiger partial charge in [-0.2, -0.15) is 0 Å². The van der Waals surface area contributed by atoms with E-state index in [0.717, 1.165) is 12.8 Å². The molecule has 2 rings (SSSR count). The fourth-order valence-electron chi connectivity index (χ4n) is 2.59. The minimum atomic E-state index is -0.365. The molecule has 1 aliphatic rings. The molecule has 0 spiro atoms. The maximum Gasteiger partial charge on any atom is 0.134 e. The highest BCUT2D eigenvalue weighted by atomic mass is 79.9. The number of hydrogen-bond acceptors (Lipinski definition) is 2. The lowest BCUT2D eigenvalue weighted by Crippen LogP contribution is -2.23. The van der Waals surface area contributed by atoms with Gasteiger partial charge in [-0.1, -0.05) is 19.3 Å². The molecule has 1 atom stereocenters. The van der Waals surface area contributed by atoms with Crippen molar-refractivity contribution in [2.24, 2.45) is 11.7 Å². The van der Waals surface area contributed by atoms with Crippen molar-refractivity contribution in [2.45, 2.75) is 38.1 Å². The van der Waals surface area contributed by atoms with E-state index in [9.17, 15) is 9.50 Å². The van der Waals surface area contributed by atoms with Gasteiger partial charge >= 0.3 is 0 Å². The molecule has 0 amide bonds. The molecule has 1 aliphatic carbocycles. The zero-order valence-electron chi connectivity index (χ0n) is 9.63. The third kappa shape index (κ3) is 2.80. The Balaban J connectivity index is 2.26. The van der Waals surface area contributed by atoms with Crippen LogP contribution in [0.1, 0.15) is 43.7 Å². The summed E-state index contributed by atoms with van der Waals surface area (Å²) in [6, 6.07) is 2.33. The van der Waals surface area contributed by atoms with E-state index in [2.05, 4.69) is 15.9 Å². The van der Waals surface area contributed by atoms with E-state index in [1.165, 1.54) is 31.4 Å². The molecule has 3 N–H and O–H groups in total. The van der Waals surface area contributed by atoms with Gasteiger partial charge in [0.05, 0.1) is 4.47 Å². The lowest BCUT2D eigenvalue weighted by molar-refractivity contribution is 0.302. The molecule has 2 nitrogen and oxygen atoms in total. The van der Waals surface area contributed by atoms with E-state index < -0.39 is 0 Å². The van der Waals surface area contributed by atoms with Crippen LogP contribution in [0.2, 0.25) is 0 Å². The van der Waals surface area contributed by atoms with Crippen molar-refractivity contribution >= 4 is 15.9 Å².